The van der Waals surface area contributed by atoms with Gasteiger partial charge in [0.05, 0.1) is 55.0 Å². The van der Waals surface area contributed by atoms with Crippen LogP contribution >= 0.6 is 0 Å². The van der Waals surface area contributed by atoms with Gasteiger partial charge in [-0.1, -0.05) is 38.8 Å². The summed E-state index contributed by atoms with van der Waals surface area (Å²) in [5, 5.41) is 24.2. The van der Waals surface area contributed by atoms with Crippen LogP contribution in [-0.4, -0.2) is 78.8 Å². The minimum atomic E-state index is -2.08. The number of benzene rings is 2. The Balaban J connectivity index is 1.35. The van der Waals surface area contributed by atoms with Crippen LogP contribution in [0, 0.1) is 27.2 Å². The third-order valence-corrected chi connectivity index (χ3v) is 15.2. The molecule has 2 heterocycles. The summed E-state index contributed by atoms with van der Waals surface area (Å²) in [5.41, 5.74) is 1.88. The van der Waals surface area contributed by atoms with Gasteiger partial charge >= 0.3 is 0 Å². The number of hydrogen-bond acceptors (Lipinski definition) is 10. The van der Waals surface area contributed by atoms with Crippen LogP contribution in [0.4, 0.5) is 11.4 Å². The van der Waals surface area contributed by atoms with Crippen molar-refractivity contribution in [3.8, 4) is 17.2 Å². The Labute approximate surface area is 324 Å². The zero-order valence-corrected chi connectivity index (χ0v) is 34.9. The van der Waals surface area contributed by atoms with Gasteiger partial charge in [-0.05, 0) is 89.1 Å². The Hall–Kier alpha value is -4.76. The Morgan fingerprint density at radius 3 is 1.78 bits per heavy atom. The third-order valence-electron chi connectivity index (χ3n) is 10.7. The normalized spacial score (nSPS) is 17.2. The van der Waals surface area contributed by atoms with Gasteiger partial charge in [-0.2, -0.15) is 0 Å². The zero-order chi connectivity index (χ0) is 40.8. The minimum absolute atomic E-state index is 0.00173. The molecule has 2 aromatic rings. The lowest BCUT2D eigenvalue weighted by Gasteiger charge is -2.38. The van der Waals surface area contributed by atoms with Crippen LogP contribution in [0.15, 0.2) is 47.8 Å². The lowest BCUT2D eigenvalue weighted by molar-refractivity contribution is -0.385. The molecule has 0 unspecified atom stereocenters. The molecule has 55 heavy (non-hydrogen) atoms. The van der Waals surface area contributed by atoms with E-state index in [-0.39, 0.29) is 64.3 Å². The molecule has 0 fully saturated rings. The molecular weight excluding hydrogens is 725 g/mol. The lowest BCUT2D eigenvalue weighted by Crippen LogP contribution is -2.45. The van der Waals surface area contributed by atoms with E-state index in [9.17, 15) is 29.8 Å². The Kier molecular flexibility index (Phi) is 13.9. The molecule has 0 spiro atoms. The number of methoxy groups -OCH3 is 1. The fourth-order valence-corrected chi connectivity index (χ4v) is 7.55. The number of carbonyl (C=O) groups is 2. The van der Waals surface area contributed by atoms with Crippen LogP contribution in [0.3, 0.4) is 0 Å². The van der Waals surface area contributed by atoms with Crippen molar-refractivity contribution in [2.45, 2.75) is 117 Å². The number of nitro benzene ring substituents is 2. The highest BCUT2D eigenvalue weighted by atomic mass is 28.4. The number of aryl methyl sites for hydroxylation is 1. The molecule has 2 atom stereocenters. The van der Waals surface area contributed by atoms with E-state index in [0.717, 1.165) is 24.0 Å². The average molecular weight is 781 g/mol. The fourth-order valence-electron chi connectivity index (χ4n) is 6.50. The van der Waals surface area contributed by atoms with Gasteiger partial charge in [0, 0.05) is 24.5 Å². The highest BCUT2D eigenvalue weighted by Gasteiger charge is 2.40. The summed E-state index contributed by atoms with van der Waals surface area (Å²) in [5.74, 6) is -0.211. The smallest absolute Gasteiger partial charge is 0.286 e. The molecule has 0 bridgehead atoms. The maximum Gasteiger partial charge on any atom is 0.286 e. The number of hydrogen-bond donors (Lipinski definition) is 0. The van der Waals surface area contributed by atoms with E-state index in [0.29, 0.717) is 43.6 Å². The molecule has 14 nitrogen and oxygen atoms in total. The van der Waals surface area contributed by atoms with Crippen LogP contribution in [0.2, 0.25) is 18.1 Å². The predicted molar refractivity (Wildman–Crippen MR) is 212 cm³/mol. The van der Waals surface area contributed by atoms with Crippen LogP contribution in [0.25, 0.3) is 0 Å². The summed E-state index contributed by atoms with van der Waals surface area (Å²) in [6.45, 7) is 19.2. The van der Waals surface area contributed by atoms with Crippen molar-refractivity contribution in [3.63, 3.8) is 0 Å². The summed E-state index contributed by atoms with van der Waals surface area (Å²) in [4.78, 5) is 53.4. The fraction of sp³-hybridized carbons (Fsp3) is 0.550. The zero-order valence-electron chi connectivity index (χ0n) is 33.9. The van der Waals surface area contributed by atoms with Gasteiger partial charge in [-0.15, -0.1) is 0 Å². The van der Waals surface area contributed by atoms with Crippen molar-refractivity contribution >= 4 is 31.5 Å². The van der Waals surface area contributed by atoms with E-state index in [1.54, 1.807) is 29.1 Å². The van der Waals surface area contributed by atoms with Crippen molar-refractivity contribution in [1.82, 2.24) is 9.80 Å². The summed E-state index contributed by atoms with van der Waals surface area (Å²) in [6.07, 6.45) is 7.41. The van der Waals surface area contributed by atoms with Crippen LogP contribution in [-0.2, 0) is 4.43 Å². The number of carbonyl (C=O) groups excluding carboxylic acids is 2. The lowest BCUT2D eigenvalue weighted by atomic mass is 10.1. The standard InChI is InChI=1S/C40H56N4O10Si/c1-11-29-17-26(2)23-41(29)39(46)32-20-36(51-8)37(22-34(32)44(49)50)53-16-14-12-13-15-52-35-21-33(43(47)48)31(19-28(35)4)38(45)42-24-27(3)18-30(42)25-54-55(9,10)40(5,6)7/h19-24,29-30H,11-18,25H2,1-10H3/t29-,30+/m1/s1. The van der Waals surface area contributed by atoms with Crippen molar-refractivity contribution in [1.29, 1.82) is 0 Å². The largest absolute Gasteiger partial charge is 0.493 e. The first kappa shape index (κ1) is 43.0. The minimum Gasteiger partial charge on any atom is -0.493 e. The number of nitro groups is 2. The van der Waals surface area contributed by atoms with E-state index in [1.807, 2.05) is 20.8 Å². The van der Waals surface area contributed by atoms with Crippen LogP contribution < -0.4 is 14.2 Å². The first-order valence-corrected chi connectivity index (χ1v) is 21.7. The van der Waals surface area contributed by atoms with Crippen LogP contribution in [0.1, 0.15) is 106 Å². The van der Waals surface area contributed by atoms with E-state index >= 15 is 0 Å². The SMILES string of the molecule is CC[C@@H]1CC(C)=CN1C(=O)c1cc(OC)c(OCCCCCOc2cc([N+](=O)[O-])c(C(=O)N3C=C(C)C[C@H]3CO[Si](C)(C)C(C)(C)C)cc2C)cc1[N+](=O)[O-]. The van der Waals surface area contributed by atoms with E-state index < -0.39 is 30.0 Å². The first-order valence-electron chi connectivity index (χ1n) is 18.8. The van der Waals surface area contributed by atoms with Gasteiger partial charge in [0.1, 0.15) is 16.9 Å². The van der Waals surface area contributed by atoms with Gasteiger partial charge in [0.15, 0.2) is 19.8 Å². The molecule has 0 saturated heterocycles. The van der Waals surface area contributed by atoms with Crippen molar-refractivity contribution in [2.75, 3.05) is 26.9 Å². The summed E-state index contributed by atoms with van der Waals surface area (Å²) >= 11 is 0. The second-order valence-corrected chi connectivity index (χ2v) is 20.8. The van der Waals surface area contributed by atoms with Gasteiger partial charge in [-0.3, -0.25) is 29.8 Å². The summed E-state index contributed by atoms with van der Waals surface area (Å²) < 4.78 is 23.7. The number of unbranched alkanes of at least 4 members (excludes halogenated alkanes) is 2. The van der Waals surface area contributed by atoms with E-state index in [2.05, 4.69) is 33.9 Å². The number of ether oxygens (including phenoxy) is 3. The number of rotatable bonds is 17. The Morgan fingerprint density at radius 2 is 1.27 bits per heavy atom. The maximum absolute atomic E-state index is 13.8. The second-order valence-electron chi connectivity index (χ2n) is 16.0. The molecule has 2 aliphatic rings. The second kappa shape index (κ2) is 17.8. The quantitative estimate of drug-likeness (QED) is 0.0654. The third kappa shape index (κ3) is 10.1. The molecule has 0 aliphatic carbocycles. The molecule has 2 aliphatic heterocycles. The van der Waals surface area contributed by atoms with E-state index in [1.165, 1.54) is 31.4 Å². The first-order chi connectivity index (χ1) is 25.8. The van der Waals surface area contributed by atoms with Crippen molar-refractivity contribution in [3.05, 3.63) is 84.7 Å². The van der Waals surface area contributed by atoms with E-state index in [4.69, 9.17) is 18.6 Å². The molecule has 0 N–H and O–H groups in total. The molecule has 0 radical (unpaired) electrons. The highest BCUT2D eigenvalue weighted by molar-refractivity contribution is 6.74. The maximum atomic E-state index is 13.8. The molecule has 2 amide bonds. The van der Waals surface area contributed by atoms with Crippen molar-refractivity contribution in [2.24, 2.45) is 0 Å². The molecule has 300 valence electrons. The average Bonchev–Trinajstić information content (AvgIpc) is 3.70. The van der Waals surface area contributed by atoms with Crippen molar-refractivity contribution < 1.29 is 38.1 Å². The van der Waals surface area contributed by atoms with Gasteiger partial charge in [0.25, 0.3) is 23.2 Å². The number of amides is 2. The molecule has 0 aromatic heterocycles. The molecule has 0 saturated carbocycles. The topological polar surface area (TPSA) is 164 Å². The highest BCUT2D eigenvalue weighted by Crippen LogP contribution is 2.39. The predicted octanol–water partition coefficient (Wildman–Crippen LogP) is 9.12. The summed E-state index contributed by atoms with van der Waals surface area (Å²) in [6, 6.07) is 5.12. The molecule has 2 aromatic carbocycles. The molecule has 4 rings (SSSR count). The Bertz CT molecular complexity index is 1850. The van der Waals surface area contributed by atoms with Gasteiger partial charge in [0.2, 0.25) is 0 Å². The molecule has 15 heteroatoms. The molecular formula is C40H56N4O10Si. The van der Waals surface area contributed by atoms with Gasteiger partial charge in [-0.25, -0.2) is 0 Å². The summed E-state index contributed by atoms with van der Waals surface area (Å²) in [7, 11) is -0.667. The monoisotopic (exact) mass is 780 g/mol. The van der Waals surface area contributed by atoms with Gasteiger partial charge < -0.3 is 28.4 Å². The van der Waals surface area contributed by atoms with Crippen LogP contribution in [0.5, 0.6) is 17.2 Å². The Morgan fingerprint density at radius 1 is 0.782 bits per heavy atom. The number of nitrogens with zero attached hydrogens (tertiary/aromatic N) is 4.